The predicted molar refractivity (Wildman–Crippen MR) is 60.0 cm³/mol. The number of carbonyl (C=O) groups is 3. The van der Waals surface area contributed by atoms with E-state index in [4.69, 9.17) is 24.9 Å². The molecule has 0 aromatic carbocycles. The number of aliphatic carboxylic acids is 3. The molecule has 0 aromatic heterocycles. The van der Waals surface area contributed by atoms with Crippen molar-refractivity contribution >= 4 is 17.9 Å². The lowest BCUT2D eigenvalue weighted by atomic mass is 10.3. The normalized spacial score (nSPS) is 7.94. The van der Waals surface area contributed by atoms with E-state index in [0.29, 0.717) is 0 Å². The third-order valence-electron chi connectivity index (χ3n) is 0.961. The van der Waals surface area contributed by atoms with Crippen LogP contribution in [0.15, 0.2) is 0 Å². The second-order valence-electron chi connectivity index (χ2n) is 2.59. The second kappa shape index (κ2) is 16.8. The summed E-state index contributed by atoms with van der Waals surface area (Å²) >= 11 is 0. The largest absolute Gasteiger partial charge is 0.481 e. The Balaban J connectivity index is -0.000000188. The summed E-state index contributed by atoms with van der Waals surface area (Å²) in [5.74, 6) is -2.99. The minimum absolute atomic E-state index is 0.296. The van der Waals surface area contributed by atoms with Gasteiger partial charge in [-0.25, -0.2) is 0 Å². The van der Waals surface area contributed by atoms with Gasteiger partial charge in [0.05, 0.1) is 12.8 Å². The number of carboxylic acids is 3. The van der Waals surface area contributed by atoms with Gasteiger partial charge in [-0.05, 0) is 13.8 Å². The van der Waals surface area contributed by atoms with Crippen LogP contribution >= 0.6 is 0 Å². The van der Waals surface area contributed by atoms with Gasteiger partial charge in [-0.2, -0.15) is 0 Å². The summed E-state index contributed by atoms with van der Waals surface area (Å²) in [6.45, 7) is 6.75. The fourth-order valence-electron chi connectivity index (χ4n) is 0.418. The summed E-state index contributed by atoms with van der Waals surface area (Å²) in [6.07, 6.45) is -0.593. The zero-order chi connectivity index (χ0) is 14.3. The Morgan fingerprint density at radius 1 is 0.882 bits per heavy atom. The van der Waals surface area contributed by atoms with Gasteiger partial charge in [-0.15, -0.1) is 0 Å². The van der Waals surface area contributed by atoms with Crippen molar-refractivity contribution in [1.29, 1.82) is 0 Å². The van der Waals surface area contributed by atoms with Gasteiger partial charge >= 0.3 is 11.9 Å². The summed E-state index contributed by atoms with van der Waals surface area (Å²) in [6, 6.07) is 0. The third-order valence-corrected chi connectivity index (χ3v) is 0.961. The van der Waals surface area contributed by atoms with Crippen LogP contribution in [0.4, 0.5) is 0 Å². The van der Waals surface area contributed by atoms with Crippen molar-refractivity contribution in [3.8, 4) is 0 Å². The maximum atomic E-state index is 9.64. The predicted octanol–water partition coefficient (Wildman–Crippen LogP) is 1.07. The van der Waals surface area contributed by atoms with Gasteiger partial charge in [0.1, 0.15) is 0 Å². The number of carboxylic acid groups (broad SMARTS) is 3. The van der Waals surface area contributed by atoms with E-state index in [9.17, 15) is 9.59 Å². The van der Waals surface area contributed by atoms with Crippen molar-refractivity contribution in [3.05, 3.63) is 0 Å². The monoisotopic (exact) mass is 252 g/mol. The van der Waals surface area contributed by atoms with Crippen LogP contribution in [-0.2, 0) is 19.1 Å². The Bertz CT molecular complexity index is 193. The summed E-state index contributed by atoms with van der Waals surface area (Å²) in [7, 11) is 0. The van der Waals surface area contributed by atoms with Crippen molar-refractivity contribution in [2.45, 2.75) is 33.6 Å². The standard InChI is InChI=1S/C4H6O4.C4H10O.C2H4O2/c5-3(6)1-2-4(7)8;1-3-5-4-2;1-2(3)4/h1-2H2,(H,5,6)(H,7,8);3-4H2,1-2H3;1H3,(H,3,4). The Morgan fingerprint density at radius 2 is 1.12 bits per heavy atom. The van der Waals surface area contributed by atoms with E-state index in [0.717, 1.165) is 20.1 Å². The van der Waals surface area contributed by atoms with Gasteiger partial charge in [0, 0.05) is 20.1 Å². The average molecular weight is 252 g/mol. The summed E-state index contributed by atoms with van der Waals surface area (Å²) in [4.78, 5) is 28.3. The number of hydrogen-bond acceptors (Lipinski definition) is 4. The lowest BCUT2D eigenvalue weighted by molar-refractivity contribution is -0.143. The van der Waals surface area contributed by atoms with E-state index < -0.39 is 17.9 Å². The molecular formula is C10H20O7. The molecule has 7 nitrogen and oxygen atoms in total. The van der Waals surface area contributed by atoms with Gasteiger partial charge in [-0.3, -0.25) is 14.4 Å². The van der Waals surface area contributed by atoms with Crippen LogP contribution in [0.25, 0.3) is 0 Å². The Hall–Kier alpha value is -1.63. The Morgan fingerprint density at radius 3 is 1.18 bits per heavy atom. The van der Waals surface area contributed by atoms with Crippen molar-refractivity contribution < 1.29 is 34.4 Å². The first-order valence-corrected chi connectivity index (χ1v) is 4.98. The Labute approximate surface area is 100 Å². The molecule has 0 aliphatic rings. The fourth-order valence-corrected chi connectivity index (χ4v) is 0.418. The van der Waals surface area contributed by atoms with Crippen molar-refractivity contribution in [2.75, 3.05) is 13.2 Å². The molecule has 0 radical (unpaired) electrons. The van der Waals surface area contributed by atoms with Crippen LogP contribution in [0.1, 0.15) is 33.6 Å². The van der Waals surface area contributed by atoms with Crippen LogP contribution in [0.3, 0.4) is 0 Å². The van der Waals surface area contributed by atoms with Crippen LogP contribution in [0.5, 0.6) is 0 Å². The molecule has 0 aliphatic heterocycles. The first-order chi connectivity index (χ1) is 7.77. The van der Waals surface area contributed by atoms with Gasteiger partial charge in [0.2, 0.25) is 0 Å². The van der Waals surface area contributed by atoms with E-state index in [2.05, 4.69) is 0 Å². The smallest absolute Gasteiger partial charge is 0.303 e. The van der Waals surface area contributed by atoms with E-state index >= 15 is 0 Å². The molecule has 0 saturated carbocycles. The molecule has 17 heavy (non-hydrogen) atoms. The number of rotatable bonds is 5. The number of ether oxygens (including phenoxy) is 1. The lowest BCUT2D eigenvalue weighted by Crippen LogP contribution is -2.00. The van der Waals surface area contributed by atoms with E-state index in [1.165, 1.54) is 0 Å². The summed E-state index contributed by atoms with van der Waals surface area (Å²) in [5, 5.41) is 23.2. The molecule has 0 saturated heterocycles. The van der Waals surface area contributed by atoms with Gasteiger partial charge in [-0.1, -0.05) is 0 Å². The molecule has 7 heteroatoms. The maximum Gasteiger partial charge on any atom is 0.303 e. The quantitative estimate of drug-likeness (QED) is 0.669. The van der Waals surface area contributed by atoms with Crippen molar-refractivity contribution in [1.82, 2.24) is 0 Å². The van der Waals surface area contributed by atoms with Gasteiger partial charge in [0.25, 0.3) is 5.97 Å². The first kappa shape index (κ1) is 20.7. The van der Waals surface area contributed by atoms with Gasteiger partial charge < -0.3 is 20.1 Å². The highest BCUT2D eigenvalue weighted by Crippen LogP contribution is 1.86. The molecule has 0 atom stereocenters. The zero-order valence-electron chi connectivity index (χ0n) is 10.3. The zero-order valence-corrected chi connectivity index (χ0v) is 10.3. The first-order valence-electron chi connectivity index (χ1n) is 4.98. The lowest BCUT2D eigenvalue weighted by Gasteiger charge is -1.86. The average Bonchev–Trinajstić information content (AvgIpc) is 2.16. The van der Waals surface area contributed by atoms with Gasteiger partial charge in [0.15, 0.2) is 0 Å². The molecule has 0 spiro atoms. The van der Waals surface area contributed by atoms with Crippen LogP contribution in [-0.4, -0.2) is 46.4 Å². The van der Waals surface area contributed by atoms with Crippen LogP contribution in [0.2, 0.25) is 0 Å². The molecule has 0 aromatic rings. The molecule has 0 amide bonds. The van der Waals surface area contributed by atoms with Crippen molar-refractivity contribution in [3.63, 3.8) is 0 Å². The van der Waals surface area contributed by atoms with Crippen LogP contribution < -0.4 is 0 Å². The molecule has 0 rings (SSSR count). The topological polar surface area (TPSA) is 121 Å². The molecule has 0 heterocycles. The molecular weight excluding hydrogens is 232 g/mol. The van der Waals surface area contributed by atoms with E-state index in [1.807, 2.05) is 13.8 Å². The van der Waals surface area contributed by atoms with Crippen LogP contribution in [0, 0.1) is 0 Å². The summed E-state index contributed by atoms with van der Waals surface area (Å²) < 4.78 is 4.83. The fraction of sp³-hybridized carbons (Fsp3) is 0.700. The SMILES string of the molecule is CC(=O)O.CCOCC.O=C(O)CCC(=O)O. The minimum atomic E-state index is -1.08. The highest BCUT2D eigenvalue weighted by molar-refractivity contribution is 5.75. The third kappa shape index (κ3) is 76.3. The van der Waals surface area contributed by atoms with E-state index in [-0.39, 0.29) is 12.8 Å². The molecule has 0 bridgehead atoms. The number of hydrogen-bond donors (Lipinski definition) is 3. The highest BCUT2D eigenvalue weighted by Gasteiger charge is 2.00. The van der Waals surface area contributed by atoms with E-state index in [1.54, 1.807) is 0 Å². The Kier molecular flexibility index (Phi) is 20.5. The molecule has 0 unspecified atom stereocenters. The highest BCUT2D eigenvalue weighted by atomic mass is 16.5. The second-order valence-corrected chi connectivity index (χ2v) is 2.59. The maximum absolute atomic E-state index is 9.64. The molecule has 3 N–H and O–H groups in total. The molecule has 102 valence electrons. The molecule has 0 aliphatic carbocycles. The molecule has 0 fully saturated rings. The van der Waals surface area contributed by atoms with Crippen molar-refractivity contribution in [2.24, 2.45) is 0 Å². The summed E-state index contributed by atoms with van der Waals surface area (Å²) in [5.41, 5.74) is 0. The minimum Gasteiger partial charge on any atom is -0.481 e.